The summed E-state index contributed by atoms with van der Waals surface area (Å²) in [5.41, 5.74) is 2.94. The zero-order chi connectivity index (χ0) is 10.4. The molecule has 74 valence electrons. The van der Waals surface area contributed by atoms with E-state index in [1.54, 1.807) is 11.3 Å². The topological polar surface area (TPSA) is 37.3 Å². The minimum absolute atomic E-state index is 0.470. The minimum Gasteiger partial charge on any atom is -0.481 e. The van der Waals surface area contributed by atoms with E-state index in [1.807, 2.05) is 35.7 Å². The van der Waals surface area contributed by atoms with E-state index in [9.17, 15) is 9.90 Å². The summed E-state index contributed by atoms with van der Waals surface area (Å²) in [6, 6.07) is 9.66. The molecule has 1 aromatic carbocycles. The highest BCUT2D eigenvalue weighted by Gasteiger charge is 2.34. The molecule has 1 atom stereocenters. The van der Waals surface area contributed by atoms with Gasteiger partial charge >= 0.3 is 5.97 Å². The molecule has 1 aromatic heterocycles. The molecule has 2 aromatic rings. The molecule has 1 N–H and O–H groups in total. The van der Waals surface area contributed by atoms with E-state index < -0.39 is 11.9 Å². The molecule has 0 spiro atoms. The number of rotatable bonds is 1. The van der Waals surface area contributed by atoms with Gasteiger partial charge in [-0.3, -0.25) is 4.79 Å². The van der Waals surface area contributed by atoms with Crippen LogP contribution in [0.2, 0.25) is 0 Å². The normalized spacial score (nSPS) is 17.2. The van der Waals surface area contributed by atoms with Crippen molar-refractivity contribution in [2.45, 2.75) is 5.92 Å². The lowest BCUT2D eigenvalue weighted by Crippen LogP contribution is -2.09. The number of thiophene rings is 1. The summed E-state index contributed by atoms with van der Waals surface area (Å²) >= 11 is 1.61. The van der Waals surface area contributed by atoms with Gasteiger partial charge in [0.25, 0.3) is 0 Å². The van der Waals surface area contributed by atoms with E-state index in [0.29, 0.717) is 0 Å². The summed E-state index contributed by atoms with van der Waals surface area (Å²) in [7, 11) is 0. The fraction of sp³-hybridized carbons (Fsp3) is 0.0833. The molecule has 1 aliphatic carbocycles. The Labute approximate surface area is 90.8 Å². The second kappa shape index (κ2) is 2.94. The van der Waals surface area contributed by atoms with Gasteiger partial charge in [0.15, 0.2) is 0 Å². The quantitative estimate of drug-likeness (QED) is 0.795. The molecule has 3 rings (SSSR count). The molecule has 2 nitrogen and oxygen atoms in total. The number of carbonyl (C=O) groups is 1. The summed E-state index contributed by atoms with van der Waals surface area (Å²) in [6.45, 7) is 0. The lowest BCUT2D eigenvalue weighted by molar-refractivity contribution is -0.137. The van der Waals surface area contributed by atoms with Gasteiger partial charge in [-0.25, -0.2) is 0 Å². The van der Waals surface area contributed by atoms with Crippen molar-refractivity contribution in [2.24, 2.45) is 0 Å². The third-order valence-electron chi connectivity index (χ3n) is 2.77. The third kappa shape index (κ3) is 1.07. The molecule has 1 aliphatic rings. The minimum atomic E-state index is -0.764. The SMILES string of the molecule is O=C(O)C1c2ccccc2-c2sccc21. The zero-order valence-electron chi connectivity index (χ0n) is 7.81. The fourth-order valence-electron chi connectivity index (χ4n) is 2.15. The molecule has 0 saturated carbocycles. The number of benzene rings is 1. The first kappa shape index (κ1) is 8.68. The Bertz CT molecular complexity index is 542. The molecule has 1 unspecified atom stereocenters. The number of hydrogen-bond donors (Lipinski definition) is 1. The maximum atomic E-state index is 11.2. The maximum Gasteiger partial charge on any atom is 0.315 e. The molecule has 0 fully saturated rings. The van der Waals surface area contributed by atoms with E-state index in [1.165, 1.54) is 0 Å². The smallest absolute Gasteiger partial charge is 0.315 e. The maximum absolute atomic E-state index is 11.2. The Morgan fingerprint density at radius 3 is 2.80 bits per heavy atom. The highest BCUT2D eigenvalue weighted by Crippen LogP contribution is 2.47. The Kier molecular flexibility index (Phi) is 1.70. The van der Waals surface area contributed by atoms with E-state index in [0.717, 1.165) is 21.6 Å². The van der Waals surface area contributed by atoms with E-state index in [-0.39, 0.29) is 0 Å². The van der Waals surface area contributed by atoms with Crippen molar-refractivity contribution in [3.63, 3.8) is 0 Å². The van der Waals surface area contributed by atoms with Crippen LogP contribution in [0.1, 0.15) is 17.0 Å². The number of fused-ring (bicyclic) bond motifs is 3. The molecule has 0 aliphatic heterocycles. The van der Waals surface area contributed by atoms with Gasteiger partial charge in [0.05, 0.1) is 0 Å². The molecule has 3 heteroatoms. The first-order valence-electron chi connectivity index (χ1n) is 4.68. The summed E-state index contributed by atoms with van der Waals surface area (Å²) in [6.07, 6.45) is 0. The number of carboxylic acid groups (broad SMARTS) is 1. The van der Waals surface area contributed by atoms with Crippen molar-refractivity contribution >= 4 is 17.3 Å². The molecule has 0 amide bonds. The average molecular weight is 216 g/mol. The monoisotopic (exact) mass is 216 g/mol. The van der Waals surface area contributed by atoms with Crippen LogP contribution in [0.15, 0.2) is 35.7 Å². The molecule has 1 heterocycles. The molecule has 15 heavy (non-hydrogen) atoms. The Hall–Kier alpha value is -1.61. The van der Waals surface area contributed by atoms with Gasteiger partial charge < -0.3 is 5.11 Å². The van der Waals surface area contributed by atoms with Gasteiger partial charge in [-0.15, -0.1) is 11.3 Å². The van der Waals surface area contributed by atoms with Gasteiger partial charge in [-0.2, -0.15) is 0 Å². The lowest BCUT2D eigenvalue weighted by Gasteiger charge is -2.05. The molecule has 0 bridgehead atoms. The average Bonchev–Trinajstić information content (AvgIpc) is 2.75. The Balaban J connectivity index is 2.33. The van der Waals surface area contributed by atoms with E-state index >= 15 is 0 Å². The summed E-state index contributed by atoms with van der Waals surface area (Å²) in [5.74, 6) is -1.23. The van der Waals surface area contributed by atoms with Crippen LogP contribution in [-0.2, 0) is 4.79 Å². The Morgan fingerprint density at radius 2 is 2.00 bits per heavy atom. The van der Waals surface area contributed by atoms with Gasteiger partial charge in [0, 0.05) is 4.88 Å². The molecular weight excluding hydrogens is 208 g/mol. The van der Waals surface area contributed by atoms with Crippen LogP contribution in [0.4, 0.5) is 0 Å². The van der Waals surface area contributed by atoms with Crippen LogP contribution in [-0.4, -0.2) is 11.1 Å². The van der Waals surface area contributed by atoms with Crippen molar-refractivity contribution in [3.8, 4) is 10.4 Å². The highest BCUT2D eigenvalue weighted by molar-refractivity contribution is 7.14. The van der Waals surface area contributed by atoms with Crippen molar-refractivity contribution in [1.82, 2.24) is 0 Å². The summed E-state index contributed by atoms with van der Waals surface area (Å²) in [5, 5.41) is 11.2. The van der Waals surface area contributed by atoms with Crippen LogP contribution in [0.3, 0.4) is 0 Å². The van der Waals surface area contributed by atoms with Crippen LogP contribution in [0.5, 0.6) is 0 Å². The first-order valence-corrected chi connectivity index (χ1v) is 5.56. The number of aliphatic carboxylic acids is 1. The molecule has 0 radical (unpaired) electrons. The Morgan fingerprint density at radius 1 is 1.20 bits per heavy atom. The van der Waals surface area contributed by atoms with Crippen molar-refractivity contribution in [1.29, 1.82) is 0 Å². The predicted octanol–water partition coefficient (Wildman–Crippen LogP) is 2.95. The van der Waals surface area contributed by atoms with Crippen molar-refractivity contribution < 1.29 is 9.90 Å². The van der Waals surface area contributed by atoms with E-state index in [4.69, 9.17) is 0 Å². The van der Waals surface area contributed by atoms with Crippen molar-refractivity contribution in [2.75, 3.05) is 0 Å². The number of hydrogen-bond acceptors (Lipinski definition) is 2. The predicted molar refractivity (Wildman–Crippen MR) is 59.2 cm³/mol. The van der Waals surface area contributed by atoms with Gasteiger partial charge in [-0.05, 0) is 28.1 Å². The van der Waals surface area contributed by atoms with Crippen LogP contribution in [0, 0.1) is 0 Å². The number of carboxylic acids is 1. The summed E-state index contributed by atoms with van der Waals surface area (Å²) in [4.78, 5) is 12.3. The second-order valence-corrected chi connectivity index (χ2v) is 4.48. The second-order valence-electron chi connectivity index (χ2n) is 3.56. The lowest BCUT2D eigenvalue weighted by atomic mass is 9.98. The zero-order valence-corrected chi connectivity index (χ0v) is 8.62. The van der Waals surface area contributed by atoms with Gasteiger partial charge in [0.2, 0.25) is 0 Å². The molecular formula is C12H8O2S. The molecule has 0 saturated heterocycles. The van der Waals surface area contributed by atoms with Crippen LogP contribution in [0.25, 0.3) is 10.4 Å². The first-order chi connectivity index (χ1) is 7.29. The largest absolute Gasteiger partial charge is 0.481 e. The van der Waals surface area contributed by atoms with Gasteiger partial charge in [-0.1, -0.05) is 24.3 Å². The van der Waals surface area contributed by atoms with Gasteiger partial charge in [0.1, 0.15) is 5.92 Å². The van der Waals surface area contributed by atoms with Crippen LogP contribution >= 0.6 is 11.3 Å². The highest BCUT2D eigenvalue weighted by atomic mass is 32.1. The standard InChI is InChI=1S/C12H8O2S/c13-12(14)10-7-3-1-2-4-8(7)11-9(10)5-6-15-11/h1-6,10H,(H,13,14). The third-order valence-corrected chi connectivity index (χ3v) is 3.73. The van der Waals surface area contributed by atoms with Crippen molar-refractivity contribution in [3.05, 3.63) is 46.8 Å². The van der Waals surface area contributed by atoms with Crippen LogP contribution < -0.4 is 0 Å². The summed E-state index contributed by atoms with van der Waals surface area (Å²) < 4.78 is 0. The fourth-order valence-corrected chi connectivity index (χ4v) is 3.14. The van der Waals surface area contributed by atoms with E-state index in [2.05, 4.69) is 0 Å².